The SMILES string of the molecule is C=CCN(c1ccc(NC(=O)N(S)c2ccc(NC(C)=O)cc2)cc1Cl)C1CCCCC1. The molecule has 3 amide bonds. The van der Waals surface area contributed by atoms with Crippen molar-refractivity contribution in [2.75, 3.05) is 26.4 Å². The predicted octanol–water partition coefficient (Wildman–Crippen LogP) is 6.51. The van der Waals surface area contributed by atoms with E-state index in [4.69, 9.17) is 11.6 Å². The first kappa shape index (κ1) is 24.0. The Morgan fingerprint density at radius 1 is 1.09 bits per heavy atom. The molecule has 3 rings (SSSR count). The molecule has 2 aromatic carbocycles. The molecule has 2 aromatic rings. The zero-order chi connectivity index (χ0) is 23.1. The van der Waals surface area contributed by atoms with E-state index in [0.29, 0.717) is 28.1 Å². The number of halogens is 1. The number of thiol groups is 1. The fourth-order valence-corrected chi connectivity index (χ4v) is 4.45. The van der Waals surface area contributed by atoms with Crippen LogP contribution in [0.15, 0.2) is 55.1 Å². The second kappa shape index (κ2) is 11.3. The van der Waals surface area contributed by atoms with E-state index in [0.717, 1.165) is 25.1 Å². The van der Waals surface area contributed by atoms with E-state index in [1.165, 1.54) is 30.5 Å². The van der Waals surface area contributed by atoms with Crippen molar-refractivity contribution < 1.29 is 9.59 Å². The largest absolute Gasteiger partial charge is 0.364 e. The molecule has 0 saturated heterocycles. The van der Waals surface area contributed by atoms with Crippen LogP contribution in [0.3, 0.4) is 0 Å². The predicted molar refractivity (Wildman–Crippen MR) is 137 cm³/mol. The third kappa shape index (κ3) is 6.20. The van der Waals surface area contributed by atoms with Gasteiger partial charge in [-0.3, -0.25) is 4.79 Å². The molecule has 32 heavy (non-hydrogen) atoms. The van der Waals surface area contributed by atoms with Crippen LogP contribution in [0.1, 0.15) is 39.0 Å². The van der Waals surface area contributed by atoms with E-state index >= 15 is 0 Å². The van der Waals surface area contributed by atoms with Gasteiger partial charge in [0.1, 0.15) is 0 Å². The lowest BCUT2D eigenvalue weighted by Gasteiger charge is -2.36. The van der Waals surface area contributed by atoms with Gasteiger partial charge in [-0.25, -0.2) is 9.10 Å². The second-order valence-electron chi connectivity index (χ2n) is 7.87. The Balaban J connectivity index is 1.69. The summed E-state index contributed by atoms with van der Waals surface area (Å²) in [6.07, 6.45) is 7.95. The molecule has 1 aliphatic rings. The monoisotopic (exact) mass is 472 g/mol. The number of carbonyl (C=O) groups excluding carboxylic acids is 2. The van der Waals surface area contributed by atoms with Gasteiger partial charge in [0.15, 0.2) is 0 Å². The van der Waals surface area contributed by atoms with E-state index in [2.05, 4.69) is 34.9 Å². The highest BCUT2D eigenvalue weighted by Gasteiger charge is 2.22. The number of nitrogens with one attached hydrogen (secondary N) is 2. The van der Waals surface area contributed by atoms with E-state index in [1.54, 1.807) is 30.3 Å². The van der Waals surface area contributed by atoms with Crippen LogP contribution in [-0.4, -0.2) is 24.5 Å². The maximum atomic E-state index is 12.7. The summed E-state index contributed by atoms with van der Waals surface area (Å²) in [4.78, 5) is 26.1. The minimum absolute atomic E-state index is 0.159. The van der Waals surface area contributed by atoms with Gasteiger partial charge >= 0.3 is 6.03 Å². The first-order valence-electron chi connectivity index (χ1n) is 10.7. The van der Waals surface area contributed by atoms with Gasteiger partial charge in [-0.05, 0) is 55.3 Å². The minimum atomic E-state index is -0.417. The van der Waals surface area contributed by atoms with Crippen LogP contribution >= 0.6 is 24.4 Å². The number of urea groups is 1. The zero-order valence-corrected chi connectivity index (χ0v) is 19.8. The van der Waals surface area contributed by atoms with E-state index in [1.807, 2.05) is 18.2 Å². The normalized spacial score (nSPS) is 13.8. The number of carbonyl (C=O) groups is 2. The number of rotatable bonds is 7. The standard InChI is InChI=1S/C24H29ClN4O2S/c1-3-15-28(20-7-5-4-6-8-20)23-14-11-19(16-22(23)25)27-24(31)29(32)21-12-9-18(10-13-21)26-17(2)30/h3,9-14,16,20,32H,1,4-8,15H2,2H3,(H,26,30)(H,27,31). The lowest BCUT2D eigenvalue weighted by atomic mass is 9.93. The van der Waals surface area contributed by atoms with E-state index in [-0.39, 0.29) is 5.91 Å². The first-order chi connectivity index (χ1) is 15.4. The van der Waals surface area contributed by atoms with Crippen molar-refractivity contribution in [3.8, 4) is 0 Å². The molecular weight excluding hydrogens is 444 g/mol. The number of anilines is 4. The molecule has 0 spiro atoms. The summed E-state index contributed by atoms with van der Waals surface area (Å²) in [5.41, 5.74) is 2.75. The Bertz CT molecular complexity index is 961. The number of hydrogen-bond donors (Lipinski definition) is 3. The quantitative estimate of drug-likeness (QED) is 0.318. The van der Waals surface area contributed by atoms with Crippen molar-refractivity contribution in [1.29, 1.82) is 0 Å². The maximum Gasteiger partial charge on any atom is 0.336 e. The van der Waals surface area contributed by atoms with Crippen molar-refractivity contribution in [2.24, 2.45) is 0 Å². The Labute approximate surface area is 200 Å². The molecular formula is C24H29ClN4O2S. The van der Waals surface area contributed by atoms with E-state index < -0.39 is 6.03 Å². The average molecular weight is 473 g/mol. The van der Waals surface area contributed by atoms with Gasteiger partial charge in [-0.15, -0.1) is 6.58 Å². The molecule has 0 unspecified atom stereocenters. The van der Waals surface area contributed by atoms with Crippen LogP contribution in [0.4, 0.5) is 27.5 Å². The fourth-order valence-electron chi connectivity index (χ4n) is 3.98. The Morgan fingerprint density at radius 3 is 2.34 bits per heavy atom. The summed E-state index contributed by atoms with van der Waals surface area (Å²) < 4.78 is 1.20. The summed E-state index contributed by atoms with van der Waals surface area (Å²) in [7, 11) is 0. The lowest BCUT2D eigenvalue weighted by molar-refractivity contribution is -0.114. The summed E-state index contributed by atoms with van der Waals surface area (Å²) in [6.45, 7) is 6.07. The number of benzene rings is 2. The smallest absolute Gasteiger partial charge is 0.336 e. The van der Waals surface area contributed by atoms with Gasteiger partial charge in [-0.2, -0.15) is 0 Å². The number of nitrogens with zero attached hydrogens (tertiary/aromatic N) is 2. The Hall–Kier alpha value is -2.64. The molecule has 8 heteroatoms. The Kier molecular flexibility index (Phi) is 8.47. The summed E-state index contributed by atoms with van der Waals surface area (Å²) in [5.74, 6) is -0.159. The third-order valence-electron chi connectivity index (χ3n) is 5.47. The van der Waals surface area contributed by atoms with Crippen LogP contribution in [0.25, 0.3) is 0 Å². The lowest BCUT2D eigenvalue weighted by Crippen LogP contribution is -2.37. The summed E-state index contributed by atoms with van der Waals surface area (Å²) in [6, 6.07) is 12.4. The molecule has 1 fully saturated rings. The first-order valence-corrected chi connectivity index (χ1v) is 11.5. The molecule has 2 N–H and O–H groups in total. The molecule has 0 heterocycles. The van der Waals surface area contributed by atoms with Crippen molar-refractivity contribution in [2.45, 2.75) is 45.1 Å². The molecule has 0 aromatic heterocycles. The third-order valence-corrected chi connectivity index (χ3v) is 6.19. The van der Waals surface area contributed by atoms with Crippen molar-refractivity contribution >= 4 is 59.1 Å². The van der Waals surface area contributed by atoms with Crippen LogP contribution in [0.2, 0.25) is 5.02 Å². The topological polar surface area (TPSA) is 64.7 Å². The highest BCUT2D eigenvalue weighted by Crippen LogP contribution is 2.34. The summed E-state index contributed by atoms with van der Waals surface area (Å²) in [5, 5.41) is 6.09. The molecule has 1 saturated carbocycles. The minimum Gasteiger partial charge on any atom is -0.364 e. The molecule has 170 valence electrons. The molecule has 6 nitrogen and oxygen atoms in total. The van der Waals surface area contributed by atoms with Crippen LogP contribution in [0.5, 0.6) is 0 Å². The van der Waals surface area contributed by atoms with Gasteiger partial charge in [0.25, 0.3) is 0 Å². The van der Waals surface area contributed by atoms with Crippen LogP contribution in [-0.2, 0) is 4.79 Å². The molecule has 0 aliphatic heterocycles. The molecule has 0 bridgehead atoms. The summed E-state index contributed by atoms with van der Waals surface area (Å²) >= 11 is 10.9. The van der Waals surface area contributed by atoms with Gasteiger partial charge in [-0.1, -0.05) is 49.8 Å². The number of hydrogen-bond acceptors (Lipinski definition) is 4. The van der Waals surface area contributed by atoms with Crippen molar-refractivity contribution in [1.82, 2.24) is 0 Å². The fraction of sp³-hybridized carbons (Fsp3) is 0.333. The molecule has 0 atom stereocenters. The van der Waals surface area contributed by atoms with Crippen molar-refractivity contribution in [3.05, 3.63) is 60.1 Å². The highest BCUT2D eigenvalue weighted by atomic mass is 35.5. The van der Waals surface area contributed by atoms with Gasteiger partial charge < -0.3 is 15.5 Å². The van der Waals surface area contributed by atoms with Gasteiger partial charge in [0, 0.05) is 30.9 Å². The van der Waals surface area contributed by atoms with Crippen LogP contribution < -0.4 is 19.8 Å². The van der Waals surface area contributed by atoms with E-state index in [9.17, 15) is 9.59 Å². The second-order valence-corrected chi connectivity index (χ2v) is 8.68. The molecule has 0 radical (unpaired) electrons. The van der Waals surface area contributed by atoms with Gasteiger partial charge in [0.2, 0.25) is 5.91 Å². The van der Waals surface area contributed by atoms with Gasteiger partial charge in [0.05, 0.1) is 16.4 Å². The highest BCUT2D eigenvalue weighted by molar-refractivity contribution is 7.82. The zero-order valence-electron chi connectivity index (χ0n) is 18.2. The molecule has 1 aliphatic carbocycles. The average Bonchev–Trinajstić information content (AvgIpc) is 2.78. The van der Waals surface area contributed by atoms with Crippen molar-refractivity contribution in [3.63, 3.8) is 0 Å². The maximum absolute atomic E-state index is 12.7. The number of amides is 3. The Morgan fingerprint density at radius 2 is 1.75 bits per heavy atom. The van der Waals surface area contributed by atoms with Crippen LogP contribution in [0, 0.1) is 0 Å².